The Kier molecular flexibility index (Phi) is 7.29. The van der Waals surface area contributed by atoms with Gasteiger partial charge in [-0.3, -0.25) is 19.4 Å². The molecule has 0 saturated carbocycles. The van der Waals surface area contributed by atoms with Crippen molar-refractivity contribution in [3.63, 3.8) is 0 Å². The van der Waals surface area contributed by atoms with Crippen molar-refractivity contribution in [3.05, 3.63) is 142 Å². The van der Waals surface area contributed by atoms with Crippen LogP contribution in [0.4, 0.5) is 5.69 Å². The molecule has 7 rings (SSSR count). The number of ether oxygens (including phenoxy) is 5. The molecule has 2 aliphatic heterocycles. The largest absolute Gasteiger partial charge is 0.459 e. The fourth-order valence-corrected chi connectivity index (χ4v) is 5.60. The molecule has 5 aromatic rings. The van der Waals surface area contributed by atoms with E-state index in [9.17, 15) is 19.7 Å². The molecule has 3 aromatic carbocycles. The number of rotatable bonds is 8. The highest BCUT2D eigenvalue weighted by molar-refractivity contribution is 5.90. The zero-order chi connectivity index (χ0) is 31.0. The summed E-state index contributed by atoms with van der Waals surface area (Å²) in [5.74, 6) is -2.91. The minimum Gasteiger partial charge on any atom is -0.459 e. The molecule has 226 valence electrons. The average molecular weight is 608 g/mol. The van der Waals surface area contributed by atoms with E-state index in [0.717, 1.165) is 0 Å². The lowest BCUT2D eigenvalue weighted by atomic mass is 10.1. The highest BCUT2D eigenvalue weighted by Gasteiger charge is 2.61. The first-order valence-electron chi connectivity index (χ1n) is 14.1. The van der Waals surface area contributed by atoms with Gasteiger partial charge in [0.05, 0.1) is 21.4 Å². The molecule has 0 aliphatic carbocycles. The van der Waals surface area contributed by atoms with Crippen LogP contribution in [0, 0.1) is 10.1 Å². The van der Waals surface area contributed by atoms with Crippen molar-refractivity contribution in [3.8, 4) is 0 Å². The monoisotopic (exact) mass is 607 g/mol. The minimum absolute atomic E-state index is 0.133. The van der Waals surface area contributed by atoms with Gasteiger partial charge < -0.3 is 18.9 Å². The van der Waals surface area contributed by atoms with Gasteiger partial charge in [-0.25, -0.2) is 14.6 Å². The van der Waals surface area contributed by atoms with Gasteiger partial charge in [0.25, 0.3) is 11.6 Å². The van der Waals surface area contributed by atoms with E-state index in [2.05, 4.69) is 4.98 Å². The van der Waals surface area contributed by atoms with Crippen LogP contribution in [0.3, 0.4) is 0 Å². The van der Waals surface area contributed by atoms with Gasteiger partial charge in [-0.1, -0.05) is 66.7 Å². The number of aromatic nitrogens is 2. The molecule has 4 heterocycles. The standard InChI is InChI=1S/C33H25N3O9/c37-30(21-10-4-1-5-11-21)41-20-26-27(43-31(38)22-12-6-2-7-13-22)28-32(42-26)45-33(44-28,23-14-8-3-9-15-23)35-19-17-24-25(36(39)40)16-18-34-29(24)35/h1-19,26-28,32H,20H2/t26-,27-,28-,32-,33+/m1/s1. The van der Waals surface area contributed by atoms with E-state index >= 15 is 0 Å². The number of esters is 2. The summed E-state index contributed by atoms with van der Waals surface area (Å²) < 4.78 is 32.5. The molecule has 2 saturated heterocycles. The van der Waals surface area contributed by atoms with Crippen LogP contribution in [0.15, 0.2) is 116 Å². The Labute approximate surface area is 255 Å². The fourth-order valence-electron chi connectivity index (χ4n) is 5.60. The molecule has 0 radical (unpaired) electrons. The molecule has 2 aromatic heterocycles. The van der Waals surface area contributed by atoms with Gasteiger partial charge in [0, 0.05) is 24.0 Å². The number of fused-ring (bicyclic) bond motifs is 2. The quantitative estimate of drug-likeness (QED) is 0.137. The first-order chi connectivity index (χ1) is 21.9. The highest BCUT2D eigenvalue weighted by atomic mass is 16.9. The predicted molar refractivity (Wildman–Crippen MR) is 157 cm³/mol. The second-order valence-corrected chi connectivity index (χ2v) is 10.4. The maximum absolute atomic E-state index is 13.3. The summed E-state index contributed by atoms with van der Waals surface area (Å²) in [5, 5.41) is 12.0. The Bertz CT molecular complexity index is 1870. The lowest BCUT2D eigenvalue weighted by Crippen LogP contribution is -2.43. The van der Waals surface area contributed by atoms with Crippen LogP contribution in [-0.2, 0) is 29.6 Å². The molecule has 0 unspecified atom stereocenters. The number of benzene rings is 3. The molecule has 45 heavy (non-hydrogen) atoms. The zero-order valence-corrected chi connectivity index (χ0v) is 23.5. The Hall–Kier alpha value is -5.43. The molecule has 0 N–H and O–H groups in total. The average Bonchev–Trinajstić information content (AvgIpc) is 3.77. The topological polar surface area (TPSA) is 141 Å². The number of nitro groups is 1. The summed E-state index contributed by atoms with van der Waals surface area (Å²) in [5.41, 5.74) is 1.30. The van der Waals surface area contributed by atoms with Gasteiger partial charge >= 0.3 is 11.9 Å². The Morgan fingerprint density at radius 3 is 2.18 bits per heavy atom. The Balaban J connectivity index is 1.25. The molecular formula is C33H25N3O9. The number of carbonyl (C=O) groups is 2. The summed E-state index contributed by atoms with van der Waals surface area (Å²) in [7, 11) is 0. The summed E-state index contributed by atoms with van der Waals surface area (Å²) in [6.07, 6.45) is -1.16. The summed E-state index contributed by atoms with van der Waals surface area (Å²) >= 11 is 0. The van der Waals surface area contributed by atoms with E-state index in [0.29, 0.717) is 16.7 Å². The van der Waals surface area contributed by atoms with Crippen molar-refractivity contribution < 1.29 is 38.2 Å². The van der Waals surface area contributed by atoms with Gasteiger partial charge in [0.1, 0.15) is 12.7 Å². The molecule has 12 heteroatoms. The normalized spacial score (nSPS) is 23.8. The SMILES string of the molecule is O=C(OC[C@H]1O[C@@H]2O[C@@](c3ccccc3)(n3ccc4c([N+](=O)[O-])ccnc43)O[C@@H]2[C@@H]1OC(=O)c1ccccc1)c1ccccc1. The maximum atomic E-state index is 13.3. The Morgan fingerprint density at radius 2 is 1.51 bits per heavy atom. The Morgan fingerprint density at radius 1 is 0.867 bits per heavy atom. The van der Waals surface area contributed by atoms with Crippen molar-refractivity contribution >= 4 is 28.7 Å². The van der Waals surface area contributed by atoms with Crippen LogP contribution in [0.2, 0.25) is 0 Å². The lowest BCUT2D eigenvalue weighted by Gasteiger charge is -2.32. The fraction of sp³-hybridized carbons (Fsp3) is 0.182. The van der Waals surface area contributed by atoms with E-state index in [1.165, 1.54) is 12.3 Å². The number of carbonyl (C=O) groups excluding carboxylic acids is 2. The van der Waals surface area contributed by atoms with Crippen molar-refractivity contribution in [1.82, 2.24) is 9.55 Å². The number of nitrogens with zero attached hydrogens (tertiary/aromatic N) is 3. The van der Waals surface area contributed by atoms with Crippen LogP contribution >= 0.6 is 0 Å². The molecule has 2 aliphatic rings. The van der Waals surface area contributed by atoms with Gasteiger partial charge in [0.15, 0.2) is 24.1 Å². The third-order valence-corrected chi connectivity index (χ3v) is 7.70. The van der Waals surface area contributed by atoms with E-state index in [-0.39, 0.29) is 23.3 Å². The summed E-state index contributed by atoms with van der Waals surface area (Å²) in [6, 6.07) is 28.7. The molecule has 0 spiro atoms. The third-order valence-electron chi connectivity index (χ3n) is 7.70. The van der Waals surface area contributed by atoms with Crippen LogP contribution < -0.4 is 0 Å². The summed E-state index contributed by atoms with van der Waals surface area (Å²) in [4.78, 5) is 41.7. The van der Waals surface area contributed by atoms with Gasteiger partial charge in [-0.2, -0.15) is 0 Å². The van der Waals surface area contributed by atoms with Gasteiger partial charge in [0.2, 0.25) is 0 Å². The predicted octanol–water partition coefficient (Wildman–Crippen LogP) is 4.83. The molecule has 5 atom stereocenters. The van der Waals surface area contributed by atoms with E-state index in [4.69, 9.17) is 23.7 Å². The van der Waals surface area contributed by atoms with Crippen molar-refractivity contribution in [2.75, 3.05) is 6.61 Å². The first-order valence-corrected chi connectivity index (χ1v) is 14.1. The van der Waals surface area contributed by atoms with Crippen LogP contribution in [0.1, 0.15) is 26.3 Å². The second-order valence-electron chi connectivity index (χ2n) is 10.4. The zero-order valence-electron chi connectivity index (χ0n) is 23.5. The van der Waals surface area contributed by atoms with Gasteiger partial charge in [-0.15, -0.1) is 0 Å². The molecule has 0 amide bonds. The summed E-state index contributed by atoms with van der Waals surface area (Å²) in [6.45, 7) is -0.251. The van der Waals surface area contributed by atoms with Crippen LogP contribution in [-0.4, -0.2) is 57.6 Å². The van der Waals surface area contributed by atoms with Crippen LogP contribution in [0.5, 0.6) is 0 Å². The molecule has 12 nitrogen and oxygen atoms in total. The van der Waals surface area contributed by atoms with Crippen molar-refractivity contribution in [1.29, 1.82) is 0 Å². The number of hydrogen-bond acceptors (Lipinski definition) is 10. The van der Waals surface area contributed by atoms with Crippen molar-refractivity contribution in [2.24, 2.45) is 0 Å². The molecule has 0 bridgehead atoms. The first kappa shape index (κ1) is 28.3. The lowest BCUT2D eigenvalue weighted by molar-refractivity contribution is -0.383. The number of pyridine rings is 1. The number of hydrogen-bond donors (Lipinski definition) is 0. The highest BCUT2D eigenvalue weighted by Crippen LogP contribution is 2.47. The van der Waals surface area contributed by atoms with E-state index in [1.54, 1.807) is 102 Å². The molecular weight excluding hydrogens is 582 g/mol. The molecule has 2 fully saturated rings. The maximum Gasteiger partial charge on any atom is 0.338 e. The van der Waals surface area contributed by atoms with E-state index < -0.39 is 47.4 Å². The minimum atomic E-state index is -1.70. The second kappa shape index (κ2) is 11.6. The van der Waals surface area contributed by atoms with Crippen molar-refractivity contribution in [2.45, 2.75) is 30.5 Å². The van der Waals surface area contributed by atoms with E-state index in [1.807, 2.05) is 6.07 Å². The smallest absolute Gasteiger partial charge is 0.338 e. The van der Waals surface area contributed by atoms with Crippen LogP contribution in [0.25, 0.3) is 11.0 Å². The van der Waals surface area contributed by atoms with Gasteiger partial charge in [-0.05, 0) is 30.3 Å². The third kappa shape index (κ3) is 5.10.